The van der Waals surface area contributed by atoms with Crippen LogP contribution in [0.1, 0.15) is 0 Å². The third-order valence-corrected chi connectivity index (χ3v) is 0.968. The minimum absolute atomic E-state index is 0. The van der Waals surface area contributed by atoms with Crippen LogP contribution in [0.25, 0.3) is 0 Å². The lowest BCUT2D eigenvalue weighted by molar-refractivity contribution is -0.180. The summed E-state index contributed by atoms with van der Waals surface area (Å²) in [4.78, 5) is 0. The third kappa shape index (κ3) is 3.92. The Morgan fingerprint density at radius 1 is 1.40 bits per heavy atom. The fraction of sp³-hybridized carbons (Fsp3) is 1.00. The van der Waals surface area contributed by atoms with Crippen molar-refractivity contribution in [3.8, 4) is 0 Å². The summed E-state index contributed by atoms with van der Waals surface area (Å²) < 4.78 is 34.4. The standard InChI is InChI=1S/C4H8F3NO.ClH/c5-4(6,7)3(1-8)2-9;/h3,9H,1-2,8H2;1H. The summed E-state index contributed by atoms with van der Waals surface area (Å²) in [6.45, 7) is -1.49. The molecule has 0 bridgehead atoms. The molecule has 0 aromatic rings. The molecule has 0 amide bonds. The molecule has 0 aliphatic heterocycles. The van der Waals surface area contributed by atoms with Gasteiger partial charge in [0.15, 0.2) is 0 Å². The van der Waals surface area contributed by atoms with E-state index in [1.807, 2.05) is 0 Å². The van der Waals surface area contributed by atoms with Crippen LogP contribution in [0.4, 0.5) is 13.2 Å². The molecule has 0 aliphatic carbocycles. The van der Waals surface area contributed by atoms with Crippen LogP contribution in [0.3, 0.4) is 0 Å². The second kappa shape index (κ2) is 4.76. The maximum Gasteiger partial charge on any atom is 0.395 e. The molecule has 0 rings (SSSR count). The molecule has 0 aromatic heterocycles. The van der Waals surface area contributed by atoms with E-state index in [1.54, 1.807) is 0 Å². The normalized spacial score (nSPS) is 14.1. The minimum atomic E-state index is -4.36. The van der Waals surface area contributed by atoms with Gasteiger partial charge < -0.3 is 10.8 Å². The molecule has 1 atom stereocenters. The molecule has 64 valence electrons. The topological polar surface area (TPSA) is 46.2 Å². The van der Waals surface area contributed by atoms with E-state index in [4.69, 9.17) is 5.11 Å². The Morgan fingerprint density at radius 3 is 1.80 bits per heavy atom. The highest BCUT2D eigenvalue weighted by Crippen LogP contribution is 2.24. The first-order valence-corrected chi connectivity index (χ1v) is 2.40. The van der Waals surface area contributed by atoms with Crippen LogP contribution in [0, 0.1) is 5.92 Å². The van der Waals surface area contributed by atoms with E-state index in [1.165, 1.54) is 0 Å². The van der Waals surface area contributed by atoms with E-state index >= 15 is 0 Å². The monoisotopic (exact) mass is 179 g/mol. The average molecular weight is 180 g/mol. The van der Waals surface area contributed by atoms with Crippen molar-refractivity contribution in [1.29, 1.82) is 0 Å². The number of rotatable bonds is 2. The van der Waals surface area contributed by atoms with Crippen LogP contribution in [-0.2, 0) is 0 Å². The van der Waals surface area contributed by atoms with Gasteiger partial charge in [-0.25, -0.2) is 0 Å². The molecular formula is C4H9ClF3NO. The molecule has 10 heavy (non-hydrogen) atoms. The zero-order valence-corrected chi connectivity index (χ0v) is 5.87. The van der Waals surface area contributed by atoms with Gasteiger partial charge in [0.2, 0.25) is 0 Å². The fourth-order valence-electron chi connectivity index (χ4n) is 0.312. The van der Waals surface area contributed by atoms with Crippen molar-refractivity contribution in [3.63, 3.8) is 0 Å². The lowest BCUT2D eigenvalue weighted by atomic mass is 10.1. The lowest BCUT2D eigenvalue weighted by Gasteiger charge is -2.14. The first-order chi connectivity index (χ1) is 4.02. The summed E-state index contributed by atoms with van der Waals surface area (Å²) in [5.41, 5.74) is 4.69. The number of aliphatic hydroxyl groups excluding tert-OH is 1. The maximum absolute atomic E-state index is 11.5. The van der Waals surface area contributed by atoms with Gasteiger partial charge in [-0.15, -0.1) is 12.4 Å². The molecule has 0 heterocycles. The van der Waals surface area contributed by atoms with E-state index in [0.717, 1.165) is 0 Å². The van der Waals surface area contributed by atoms with Gasteiger partial charge in [0.1, 0.15) is 0 Å². The smallest absolute Gasteiger partial charge is 0.395 e. The van der Waals surface area contributed by atoms with Crippen molar-refractivity contribution in [2.45, 2.75) is 6.18 Å². The van der Waals surface area contributed by atoms with Crippen molar-refractivity contribution in [2.75, 3.05) is 13.2 Å². The molecule has 0 fully saturated rings. The number of aliphatic hydroxyl groups is 1. The molecular weight excluding hydrogens is 170 g/mol. The molecule has 0 aromatic carbocycles. The number of alkyl halides is 3. The van der Waals surface area contributed by atoms with Crippen LogP contribution in [0.15, 0.2) is 0 Å². The molecule has 0 spiro atoms. The predicted molar refractivity (Wildman–Crippen MR) is 32.9 cm³/mol. The molecule has 0 saturated heterocycles. The second-order valence-electron chi connectivity index (χ2n) is 1.66. The zero-order valence-electron chi connectivity index (χ0n) is 5.06. The molecule has 0 aliphatic rings. The molecule has 6 heteroatoms. The van der Waals surface area contributed by atoms with Crippen LogP contribution in [-0.4, -0.2) is 24.4 Å². The van der Waals surface area contributed by atoms with Crippen LogP contribution >= 0.6 is 12.4 Å². The third-order valence-electron chi connectivity index (χ3n) is 0.968. The highest BCUT2D eigenvalue weighted by atomic mass is 35.5. The zero-order chi connectivity index (χ0) is 7.49. The van der Waals surface area contributed by atoms with E-state index in [9.17, 15) is 13.2 Å². The Kier molecular flexibility index (Phi) is 6.02. The fourth-order valence-corrected chi connectivity index (χ4v) is 0.312. The quantitative estimate of drug-likeness (QED) is 0.650. The highest BCUT2D eigenvalue weighted by Gasteiger charge is 2.37. The van der Waals surface area contributed by atoms with Gasteiger partial charge in [-0.05, 0) is 0 Å². The summed E-state index contributed by atoms with van der Waals surface area (Å²) in [6, 6.07) is 0. The molecule has 3 N–H and O–H groups in total. The number of hydrogen-bond donors (Lipinski definition) is 2. The number of hydrogen-bond acceptors (Lipinski definition) is 2. The van der Waals surface area contributed by atoms with Crippen molar-refractivity contribution in [3.05, 3.63) is 0 Å². The summed E-state index contributed by atoms with van der Waals surface area (Å²) in [6.07, 6.45) is -4.36. The largest absolute Gasteiger partial charge is 0.396 e. The average Bonchev–Trinajstić information content (AvgIpc) is 1.65. The SMILES string of the molecule is Cl.NCC(CO)C(F)(F)F. The van der Waals surface area contributed by atoms with Gasteiger partial charge >= 0.3 is 6.18 Å². The number of nitrogens with two attached hydrogens (primary N) is 1. The van der Waals surface area contributed by atoms with Crippen molar-refractivity contribution in [2.24, 2.45) is 11.7 Å². The van der Waals surface area contributed by atoms with Crippen LogP contribution in [0.5, 0.6) is 0 Å². The Balaban J connectivity index is 0. The molecule has 2 nitrogen and oxygen atoms in total. The van der Waals surface area contributed by atoms with Crippen molar-refractivity contribution >= 4 is 12.4 Å². The van der Waals surface area contributed by atoms with E-state index < -0.39 is 25.2 Å². The Bertz CT molecular complexity index is 83.1. The van der Waals surface area contributed by atoms with Gasteiger partial charge in [-0.3, -0.25) is 0 Å². The van der Waals surface area contributed by atoms with Gasteiger partial charge in [-0.2, -0.15) is 13.2 Å². The summed E-state index contributed by atoms with van der Waals surface area (Å²) >= 11 is 0. The van der Waals surface area contributed by atoms with Gasteiger partial charge in [0, 0.05) is 6.54 Å². The Labute approximate surface area is 62.6 Å². The second-order valence-corrected chi connectivity index (χ2v) is 1.66. The minimum Gasteiger partial charge on any atom is -0.396 e. The number of halogens is 4. The van der Waals surface area contributed by atoms with E-state index in [-0.39, 0.29) is 12.4 Å². The Morgan fingerprint density at radius 2 is 1.80 bits per heavy atom. The van der Waals surface area contributed by atoms with Gasteiger partial charge in [0.25, 0.3) is 0 Å². The molecule has 0 saturated carbocycles. The maximum atomic E-state index is 11.5. The van der Waals surface area contributed by atoms with Crippen LogP contribution in [0.2, 0.25) is 0 Å². The summed E-state index contributed by atoms with van der Waals surface area (Å²) in [5, 5.41) is 8.06. The summed E-state index contributed by atoms with van der Waals surface area (Å²) in [5.74, 6) is -1.77. The lowest BCUT2D eigenvalue weighted by Crippen LogP contribution is -2.32. The highest BCUT2D eigenvalue weighted by molar-refractivity contribution is 5.85. The molecule has 0 radical (unpaired) electrons. The summed E-state index contributed by atoms with van der Waals surface area (Å²) in [7, 11) is 0. The van der Waals surface area contributed by atoms with Gasteiger partial charge in [-0.1, -0.05) is 0 Å². The Hall–Kier alpha value is -0.0000000000000000555. The van der Waals surface area contributed by atoms with E-state index in [0.29, 0.717) is 0 Å². The molecule has 1 unspecified atom stereocenters. The first-order valence-electron chi connectivity index (χ1n) is 2.40. The van der Waals surface area contributed by atoms with E-state index in [2.05, 4.69) is 5.73 Å². The van der Waals surface area contributed by atoms with Gasteiger partial charge in [0.05, 0.1) is 12.5 Å². The predicted octanol–water partition coefficient (Wildman–Crippen LogP) is 0.538. The van der Waals surface area contributed by atoms with Crippen molar-refractivity contribution < 1.29 is 18.3 Å². The van der Waals surface area contributed by atoms with Crippen LogP contribution < -0.4 is 5.73 Å². The first kappa shape index (κ1) is 12.7. The van der Waals surface area contributed by atoms with Crippen molar-refractivity contribution in [1.82, 2.24) is 0 Å².